The van der Waals surface area contributed by atoms with Gasteiger partial charge in [0.25, 0.3) is 5.56 Å². The average molecular weight is 242 g/mol. The minimum absolute atomic E-state index is 0.0679. The number of hydrogen-bond acceptors (Lipinski definition) is 1. The van der Waals surface area contributed by atoms with E-state index < -0.39 is 0 Å². The number of pyridine rings is 1. The summed E-state index contributed by atoms with van der Waals surface area (Å²) in [5.74, 6) is 0.477. The maximum atomic E-state index is 11.9. The fourth-order valence-electron chi connectivity index (χ4n) is 1.90. The lowest BCUT2D eigenvalue weighted by atomic mass is 10.0. The first kappa shape index (κ1) is 11.3. The van der Waals surface area contributed by atoms with E-state index in [9.17, 15) is 4.79 Å². The molecule has 0 spiro atoms. The van der Waals surface area contributed by atoms with Gasteiger partial charge in [0.15, 0.2) is 0 Å². The molecule has 1 aromatic heterocycles. The topological polar surface area (TPSA) is 22.0 Å². The van der Waals surface area contributed by atoms with Crippen molar-refractivity contribution in [1.29, 1.82) is 0 Å². The number of hydrogen-bond donors (Lipinski definition) is 0. The van der Waals surface area contributed by atoms with E-state index in [0.717, 1.165) is 11.3 Å². The first-order chi connectivity index (χ1) is 8.99. The van der Waals surface area contributed by atoms with Crippen molar-refractivity contribution in [2.75, 3.05) is 0 Å². The second kappa shape index (κ2) is 5.21. The first-order valence-corrected chi connectivity index (χ1v) is 6.24. The molecule has 94 valence electrons. The predicted molar refractivity (Wildman–Crippen MR) is 75.5 cm³/mol. The molecular formula is C16H19NO. The van der Waals surface area contributed by atoms with Crippen molar-refractivity contribution in [3.8, 4) is 5.69 Å². The van der Waals surface area contributed by atoms with Gasteiger partial charge in [-0.2, -0.15) is 0 Å². The minimum atomic E-state index is -0.332. The van der Waals surface area contributed by atoms with Crippen LogP contribution < -0.4 is 5.56 Å². The van der Waals surface area contributed by atoms with Crippen LogP contribution in [0.25, 0.3) is 5.69 Å². The molecule has 1 atom stereocenters. The summed E-state index contributed by atoms with van der Waals surface area (Å²) in [7, 11) is 0. The van der Waals surface area contributed by atoms with Crippen LogP contribution in [0.4, 0.5) is 0 Å². The molecule has 0 saturated carbocycles. The van der Waals surface area contributed by atoms with Crippen LogP contribution in [-0.2, 0) is 6.40 Å². The summed E-state index contributed by atoms with van der Waals surface area (Å²) in [5, 5.41) is 0. The molecule has 0 radical (unpaired) electrons. The van der Waals surface area contributed by atoms with Crippen molar-refractivity contribution in [3.63, 3.8) is 0 Å². The van der Waals surface area contributed by atoms with Gasteiger partial charge in [0.2, 0.25) is 0 Å². The monoisotopic (exact) mass is 242 g/mol. The predicted octanol–water partition coefficient (Wildman–Crippen LogP) is 3.52. The van der Waals surface area contributed by atoms with Gasteiger partial charge >= 0.3 is 0 Å². The maximum absolute atomic E-state index is 11.9. The summed E-state index contributed by atoms with van der Waals surface area (Å²) in [4.78, 5) is 11.9. The standard InChI is InChI=1S/C16H19NO/c1-4-13-5-10-16(18)17(11-13)15-8-6-14(7-9-15)12(2)3/h5-12H,4H2,1-3H3/i4D. The summed E-state index contributed by atoms with van der Waals surface area (Å²) in [6.07, 6.45) is 1.42. The fourth-order valence-corrected chi connectivity index (χ4v) is 1.90. The molecule has 0 saturated heterocycles. The lowest BCUT2D eigenvalue weighted by molar-refractivity contribution is 0.863. The zero-order chi connectivity index (χ0) is 14.0. The van der Waals surface area contributed by atoms with E-state index in [1.807, 2.05) is 24.3 Å². The number of nitrogens with zero attached hydrogens (tertiary/aromatic N) is 1. The molecular weight excluding hydrogens is 222 g/mol. The van der Waals surface area contributed by atoms with Gasteiger partial charge in [-0.05, 0) is 35.6 Å². The molecule has 1 aromatic carbocycles. The Morgan fingerprint density at radius 2 is 1.83 bits per heavy atom. The Balaban J connectivity index is 2.46. The van der Waals surface area contributed by atoms with Crippen molar-refractivity contribution < 1.29 is 1.37 Å². The Labute approximate surface area is 109 Å². The molecule has 0 aliphatic rings. The third-order valence-corrected chi connectivity index (χ3v) is 3.11. The van der Waals surface area contributed by atoms with Gasteiger partial charge < -0.3 is 0 Å². The molecule has 0 amide bonds. The van der Waals surface area contributed by atoms with Gasteiger partial charge in [-0.25, -0.2) is 0 Å². The highest BCUT2D eigenvalue weighted by molar-refractivity contribution is 5.36. The first-order valence-electron chi connectivity index (χ1n) is 6.82. The molecule has 1 unspecified atom stereocenters. The molecule has 0 N–H and O–H groups in total. The van der Waals surface area contributed by atoms with Crippen molar-refractivity contribution >= 4 is 0 Å². The molecule has 0 fully saturated rings. The maximum Gasteiger partial charge on any atom is 0.255 e. The van der Waals surface area contributed by atoms with E-state index in [0.29, 0.717) is 5.92 Å². The SMILES string of the molecule is [2H]C(C)c1ccc(=O)n(-c2ccc(C(C)C)cc2)c1. The second-order valence-corrected chi connectivity index (χ2v) is 4.71. The second-order valence-electron chi connectivity index (χ2n) is 4.71. The Hall–Kier alpha value is -1.83. The van der Waals surface area contributed by atoms with Crippen LogP contribution in [0.1, 0.15) is 39.2 Å². The summed E-state index contributed by atoms with van der Waals surface area (Å²) >= 11 is 0. The highest BCUT2D eigenvalue weighted by atomic mass is 16.1. The molecule has 2 rings (SSSR count). The summed E-state index contributed by atoms with van der Waals surface area (Å²) in [6.45, 7) is 6.08. The summed E-state index contributed by atoms with van der Waals surface area (Å²) in [5.41, 5.74) is 2.87. The van der Waals surface area contributed by atoms with E-state index >= 15 is 0 Å². The minimum Gasteiger partial charge on any atom is -0.284 e. The average Bonchev–Trinajstić information content (AvgIpc) is 2.39. The zero-order valence-electron chi connectivity index (χ0n) is 12.1. The smallest absolute Gasteiger partial charge is 0.255 e. The summed E-state index contributed by atoms with van der Waals surface area (Å²) in [6, 6.07) is 11.2. The van der Waals surface area contributed by atoms with Gasteiger partial charge in [-0.1, -0.05) is 39.0 Å². The number of aromatic nitrogens is 1. The van der Waals surface area contributed by atoms with Gasteiger partial charge in [0, 0.05) is 19.3 Å². The molecule has 1 heterocycles. The van der Waals surface area contributed by atoms with Gasteiger partial charge in [-0.15, -0.1) is 0 Å². The number of rotatable bonds is 3. The van der Waals surface area contributed by atoms with E-state index in [4.69, 9.17) is 1.37 Å². The van der Waals surface area contributed by atoms with E-state index in [1.54, 1.807) is 23.8 Å². The lowest BCUT2D eigenvalue weighted by Gasteiger charge is -2.10. The molecule has 2 nitrogen and oxygen atoms in total. The van der Waals surface area contributed by atoms with Crippen LogP contribution in [0.3, 0.4) is 0 Å². The van der Waals surface area contributed by atoms with Gasteiger partial charge in [0.1, 0.15) is 0 Å². The number of benzene rings is 1. The Kier molecular flexibility index (Phi) is 3.26. The molecule has 18 heavy (non-hydrogen) atoms. The van der Waals surface area contributed by atoms with Gasteiger partial charge in [0.05, 0.1) is 0 Å². The van der Waals surface area contributed by atoms with Crippen molar-refractivity contribution in [2.45, 2.75) is 33.1 Å². The molecule has 0 aliphatic carbocycles. The quantitative estimate of drug-likeness (QED) is 0.807. The van der Waals surface area contributed by atoms with Crippen LogP contribution in [0, 0.1) is 0 Å². The molecule has 0 bridgehead atoms. The van der Waals surface area contributed by atoms with Crippen LogP contribution in [-0.4, -0.2) is 4.57 Å². The fraction of sp³-hybridized carbons (Fsp3) is 0.312. The third-order valence-electron chi connectivity index (χ3n) is 3.11. The third kappa shape index (κ3) is 2.53. The Bertz CT molecular complexity index is 611. The van der Waals surface area contributed by atoms with Crippen molar-refractivity contribution in [3.05, 3.63) is 64.1 Å². The van der Waals surface area contributed by atoms with Crippen molar-refractivity contribution in [2.24, 2.45) is 0 Å². The largest absolute Gasteiger partial charge is 0.284 e. The van der Waals surface area contributed by atoms with Gasteiger partial charge in [-0.3, -0.25) is 9.36 Å². The Morgan fingerprint density at radius 3 is 2.39 bits per heavy atom. The van der Waals surface area contributed by atoms with Crippen LogP contribution in [0.15, 0.2) is 47.4 Å². The summed E-state index contributed by atoms with van der Waals surface area (Å²) < 4.78 is 9.33. The normalized spacial score (nSPS) is 13.4. The van der Waals surface area contributed by atoms with Crippen LogP contribution >= 0.6 is 0 Å². The van der Waals surface area contributed by atoms with Crippen LogP contribution in [0.5, 0.6) is 0 Å². The Morgan fingerprint density at radius 1 is 1.17 bits per heavy atom. The van der Waals surface area contributed by atoms with E-state index in [1.165, 1.54) is 11.6 Å². The lowest BCUT2D eigenvalue weighted by Crippen LogP contribution is -2.17. The zero-order valence-corrected chi connectivity index (χ0v) is 11.1. The van der Waals surface area contributed by atoms with Crippen molar-refractivity contribution in [1.82, 2.24) is 4.57 Å². The van der Waals surface area contributed by atoms with E-state index in [2.05, 4.69) is 13.8 Å². The highest BCUT2D eigenvalue weighted by Gasteiger charge is 2.02. The van der Waals surface area contributed by atoms with E-state index in [-0.39, 0.29) is 12.0 Å². The number of aryl methyl sites for hydroxylation is 1. The molecule has 2 aromatic rings. The highest BCUT2D eigenvalue weighted by Crippen LogP contribution is 2.16. The molecule has 2 heteroatoms. The molecule has 0 aliphatic heterocycles. The van der Waals surface area contributed by atoms with Crippen LogP contribution in [0.2, 0.25) is 0 Å².